The van der Waals surface area contributed by atoms with Crippen LogP contribution in [0.1, 0.15) is 40.7 Å². The number of carbonyl (C=O) groups is 2. The zero-order chi connectivity index (χ0) is 19.8. The van der Waals surface area contributed by atoms with Crippen LogP contribution in [0, 0.1) is 0 Å². The third-order valence-corrected chi connectivity index (χ3v) is 4.44. The number of para-hydroxylation sites is 1. The SMILES string of the molecule is CC(=O)OC1N=C(c2ccccc2Cl)c2ccccc2-n2nc(C(N)=O)nc21. The van der Waals surface area contributed by atoms with Crippen molar-refractivity contribution in [2.24, 2.45) is 10.7 Å². The quantitative estimate of drug-likeness (QED) is 0.684. The molecule has 0 radical (unpaired) electrons. The number of nitrogens with zero attached hydrogens (tertiary/aromatic N) is 4. The van der Waals surface area contributed by atoms with Crippen LogP contribution in [0.15, 0.2) is 53.5 Å². The number of fused-ring (bicyclic) bond motifs is 3. The van der Waals surface area contributed by atoms with Gasteiger partial charge in [-0.25, -0.2) is 14.7 Å². The number of hydrogen-bond acceptors (Lipinski definition) is 6. The summed E-state index contributed by atoms with van der Waals surface area (Å²) >= 11 is 6.40. The average Bonchev–Trinajstić information content (AvgIpc) is 3.07. The van der Waals surface area contributed by atoms with Gasteiger partial charge in [-0.15, -0.1) is 5.10 Å². The molecule has 3 aromatic rings. The normalized spacial score (nSPS) is 15.1. The lowest BCUT2D eigenvalue weighted by molar-refractivity contribution is -0.146. The lowest BCUT2D eigenvalue weighted by Crippen LogP contribution is -2.14. The minimum Gasteiger partial charge on any atom is -0.432 e. The van der Waals surface area contributed by atoms with Crippen LogP contribution < -0.4 is 5.73 Å². The molecule has 0 fully saturated rings. The minimum atomic E-state index is -1.13. The first kappa shape index (κ1) is 17.9. The van der Waals surface area contributed by atoms with E-state index in [0.29, 0.717) is 27.5 Å². The van der Waals surface area contributed by atoms with E-state index in [9.17, 15) is 9.59 Å². The van der Waals surface area contributed by atoms with Crippen LogP contribution in [0.4, 0.5) is 0 Å². The van der Waals surface area contributed by atoms with Crippen LogP contribution >= 0.6 is 11.6 Å². The predicted molar refractivity (Wildman–Crippen MR) is 101 cm³/mol. The number of primary amides is 1. The molecule has 28 heavy (non-hydrogen) atoms. The van der Waals surface area contributed by atoms with Gasteiger partial charge in [0, 0.05) is 23.1 Å². The fraction of sp³-hybridized carbons (Fsp3) is 0.105. The largest absolute Gasteiger partial charge is 0.432 e. The molecule has 140 valence electrons. The molecule has 0 saturated carbocycles. The summed E-state index contributed by atoms with van der Waals surface area (Å²) in [6.45, 7) is 1.26. The molecule has 2 N–H and O–H groups in total. The van der Waals surface area contributed by atoms with Crippen LogP contribution in [-0.4, -0.2) is 32.4 Å². The number of halogens is 1. The maximum absolute atomic E-state index is 11.7. The number of ether oxygens (including phenoxy) is 1. The molecule has 1 aromatic heterocycles. The molecule has 4 rings (SSSR count). The van der Waals surface area contributed by atoms with Crippen molar-refractivity contribution >= 4 is 29.2 Å². The molecule has 0 spiro atoms. The first-order valence-corrected chi connectivity index (χ1v) is 8.70. The van der Waals surface area contributed by atoms with Gasteiger partial charge in [-0.05, 0) is 12.1 Å². The van der Waals surface area contributed by atoms with Gasteiger partial charge in [0.1, 0.15) is 0 Å². The van der Waals surface area contributed by atoms with Gasteiger partial charge in [0.25, 0.3) is 12.1 Å². The monoisotopic (exact) mass is 395 g/mol. The number of benzene rings is 2. The van der Waals surface area contributed by atoms with E-state index in [0.717, 1.165) is 0 Å². The Bertz CT molecular complexity index is 1140. The molecule has 1 atom stereocenters. The summed E-state index contributed by atoms with van der Waals surface area (Å²) in [5, 5.41) is 4.68. The van der Waals surface area contributed by atoms with Gasteiger partial charge >= 0.3 is 5.97 Å². The number of rotatable bonds is 3. The maximum atomic E-state index is 11.7. The fourth-order valence-electron chi connectivity index (χ4n) is 2.97. The Morgan fingerprint density at radius 3 is 2.46 bits per heavy atom. The van der Waals surface area contributed by atoms with E-state index in [2.05, 4.69) is 15.1 Å². The van der Waals surface area contributed by atoms with E-state index in [-0.39, 0.29) is 11.6 Å². The van der Waals surface area contributed by atoms with Crippen molar-refractivity contribution in [1.29, 1.82) is 0 Å². The summed E-state index contributed by atoms with van der Waals surface area (Å²) in [7, 11) is 0. The number of aliphatic imine (C=N–C) groups is 1. The van der Waals surface area contributed by atoms with Gasteiger partial charge in [-0.1, -0.05) is 48.0 Å². The summed E-state index contributed by atoms with van der Waals surface area (Å²) in [4.78, 5) is 32.1. The highest BCUT2D eigenvalue weighted by atomic mass is 35.5. The van der Waals surface area contributed by atoms with E-state index < -0.39 is 18.1 Å². The summed E-state index contributed by atoms with van der Waals surface area (Å²) in [5.74, 6) is -1.39. The van der Waals surface area contributed by atoms with Crippen LogP contribution in [0.5, 0.6) is 0 Å². The van der Waals surface area contributed by atoms with E-state index >= 15 is 0 Å². The lowest BCUT2D eigenvalue weighted by atomic mass is 10.0. The highest BCUT2D eigenvalue weighted by molar-refractivity contribution is 6.35. The van der Waals surface area contributed by atoms with E-state index in [1.54, 1.807) is 12.1 Å². The third-order valence-electron chi connectivity index (χ3n) is 4.11. The Hall–Kier alpha value is -3.52. The first-order valence-electron chi connectivity index (χ1n) is 8.32. The standard InChI is InChI=1S/C19H14ClN5O3/c1-10(26)28-19-18-23-17(16(21)27)24-25(18)14-9-5-3-7-12(14)15(22-19)11-6-2-4-8-13(11)20/h2-9,19H,1H3,(H2,21,27). The topological polar surface area (TPSA) is 112 Å². The lowest BCUT2D eigenvalue weighted by Gasteiger charge is -2.12. The van der Waals surface area contributed by atoms with Crippen molar-refractivity contribution in [3.63, 3.8) is 0 Å². The maximum Gasteiger partial charge on any atom is 0.304 e. The molecular weight excluding hydrogens is 382 g/mol. The molecule has 1 amide bonds. The van der Waals surface area contributed by atoms with Gasteiger partial charge in [-0.2, -0.15) is 0 Å². The Morgan fingerprint density at radius 1 is 1.11 bits per heavy atom. The van der Waals surface area contributed by atoms with Crippen LogP contribution in [-0.2, 0) is 9.53 Å². The van der Waals surface area contributed by atoms with E-state index in [4.69, 9.17) is 22.1 Å². The van der Waals surface area contributed by atoms with Crippen LogP contribution in [0.3, 0.4) is 0 Å². The highest BCUT2D eigenvalue weighted by Gasteiger charge is 2.31. The van der Waals surface area contributed by atoms with Crippen molar-refractivity contribution in [3.8, 4) is 5.69 Å². The van der Waals surface area contributed by atoms with Crippen molar-refractivity contribution in [1.82, 2.24) is 14.8 Å². The third kappa shape index (κ3) is 3.03. The number of esters is 1. The Morgan fingerprint density at radius 2 is 1.79 bits per heavy atom. The number of nitrogens with two attached hydrogens (primary N) is 1. The van der Waals surface area contributed by atoms with E-state index in [1.807, 2.05) is 36.4 Å². The van der Waals surface area contributed by atoms with Crippen LogP contribution in [0.2, 0.25) is 5.02 Å². The summed E-state index contributed by atoms with van der Waals surface area (Å²) in [5.41, 5.74) is 7.80. The van der Waals surface area contributed by atoms with Crippen LogP contribution in [0.25, 0.3) is 5.69 Å². The molecule has 0 bridgehead atoms. The van der Waals surface area contributed by atoms with Gasteiger partial charge in [0.05, 0.1) is 11.4 Å². The zero-order valence-corrected chi connectivity index (χ0v) is 15.4. The predicted octanol–water partition coefficient (Wildman–Crippen LogP) is 2.43. The van der Waals surface area contributed by atoms with Gasteiger partial charge in [0.15, 0.2) is 5.82 Å². The molecule has 1 aliphatic heterocycles. The molecular formula is C19H14ClN5O3. The molecule has 2 heterocycles. The number of amides is 1. The molecule has 1 unspecified atom stereocenters. The summed E-state index contributed by atoms with van der Waals surface area (Å²) < 4.78 is 6.78. The molecule has 8 nitrogen and oxygen atoms in total. The number of aromatic nitrogens is 3. The average molecular weight is 396 g/mol. The number of carbonyl (C=O) groups excluding carboxylic acids is 2. The Labute approximate surface area is 164 Å². The van der Waals surface area contributed by atoms with Crippen molar-refractivity contribution in [2.45, 2.75) is 13.2 Å². The summed E-state index contributed by atoms with van der Waals surface area (Å²) in [6, 6.07) is 14.5. The fourth-order valence-corrected chi connectivity index (χ4v) is 3.20. The molecule has 0 saturated heterocycles. The second-order valence-electron chi connectivity index (χ2n) is 6.01. The van der Waals surface area contributed by atoms with Gasteiger partial charge in [-0.3, -0.25) is 9.59 Å². The zero-order valence-electron chi connectivity index (χ0n) is 14.7. The molecule has 1 aliphatic rings. The first-order chi connectivity index (χ1) is 13.5. The number of hydrogen-bond donors (Lipinski definition) is 1. The van der Waals surface area contributed by atoms with Gasteiger partial charge in [0.2, 0.25) is 5.82 Å². The Kier molecular flexibility index (Phi) is 4.40. The molecule has 0 aliphatic carbocycles. The second kappa shape index (κ2) is 6.90. The smallest absolute Gasteiger partial charge is 0.304 e. The molecule has 9 heteroatoms. The molecule has 2 aromatic carbocycles. The van der Waals surface area contributed by atoms with Crippen molar-refractivity contribution in [3.05, 3.63) is 76.3 Å². The summed E-state index contributed by atoms with van der Waals surface area (Å²) in [6.07, 6.45) is -1.13. The second-order valence-corrected chi connectivity index (χ2v) is 6.41. The van der Waals surface area contributed by atoms with E-state index in [1.165, 1.54) is 11.6 Å². The highest BCUT2D eigenvalue weighted by Crippen LogP contribution is 2.32. The van der Waals surface area contributed by atoms with Crippen molar-refractivity contribution in [2.75, 3.05) is 0 Å². The minimum absolute atomic E-state index is 0.165. The van der Waals surface area contributed by atoms with Crippen molar-refractivity contribution < 1.29 is 14.3 Å². The van der Waals surface area contributed by atoms with Gasteiger partial charge < -0.3 is 10.5 Å². The Balaban J connectivity index is 2.02.